The van der Waals surface area contributed by atoms with Gasteiger partial charge in [-0.3, -0.25) is 19.8 Å². The average molecular weight is 436 g/mol. The minimum atomic E-state index is -0.711. The summed E-state index contributed by atoms with van der Waals surface area (Å²) in [4.78, 5) is 35.6. The van der Waals surface area contributed by atoms with Crippen molar-refractivity contribution in [1.29, 1.82) is 0 Å². The number of nitro groups is 1. The second-order valence-corrected chi connectivity index (χ2v) is 7.72. The van der Waals surface area contributed by atoms with E-state index in [1.165, 1.54) is 29.8 Å². The van der Waals surface area contributed by atoms with Gasteiger partial charge in [-0.1, -0.05) is 18.7 Å². The minimum absolute atomic E-state index is 0.0416. The third-order valence-corrected chi connectivity index (χ3v) is 6.00. The molecule has 9 nitrogen and oxygen atoms in total. The Morgan fingerprint density at radius 2 is 1.81 bits per heavy atom. The van der Waals surface area contributed by atoms with Crippen LogP contribution in [0.2, 0.25) is 0 Å². The van der Waals surface area contributed by atoms with E-state index in [4.69, 9.17) is 6.57 Å². The summed E-state index contributed by atoms with van der Waals surface area (Å²) < 4.78 is 14.4. The van der Waals surface area contributed by atoms with Crippen LogP contribution in [-0.2, 0) is 7.05 Å². The first-order valence-corrected chi connectivity index (χ1v) is 10.1. The van der Waals surface area contributed by atoms with Gasteiger partial charge in [-0.05, 0) is 36.8 Å². The smallest absolute Gasteiger partial charge is 0.361 e. The van der Waals surface area contributed by atoms with Gasteiger partial charge in [0.05, 0.1) is 10.4 Å². The molecule has 4 rings (SSSR count). The van der Waals surface area contributed by atoms with E-state index in [1.54, 1.807) is 23.1 Å². The number of piperazine rings is 1. The highest BCUT2D eigenvalue weighted by atomic mass is 19.1. The summed E-state index contributed by atoms with van der Waals surface area (Å²) in [5, 5.41) is 11.9. The van der Waals surface area contributed by atoms with Crippen molar-refractivity contribution in [3.05, 3.63) is 79.7 Å². The largest absolute Gasteiger partial charge is 0.361 e. The van der Waals surface area contributed by atoms with Crippen molar-refractivity contribution in [1.82, 2.24) is 14.5 Å². The number of halogens is 1. The highest BCUT2D eigenvalue weighted by Gasteiger charge is 2.34. The van der Waals surface area contributed by atoms with Gasteiger partial charge in [0.1, 0.15) is 5.82 Å². The van der Waals surface area contributed by atoms with Crippen LogP contribution < -0.4 is 10.5 Å². The number of fused-ring (bicyclic) bond motifs is 1. The van der Waals surface area contributed by atoms with Crippen molar-refractivity contribution in [3.63, 3.8) is 0 Å². The van der Waals surface area contributed by atoms with Gasteiger partial charge in [0.2, 0.25) is 5.52 Å². The number of hydrogen-bond donors (Lipinski definition) is 0. The number of pyridine rings is 2. The molecule has 1 unspecified atom stereocenters. The van der Waals surface area contributed by atoms with Crippen LogP contribution in [0.3, 0.4) is 0 Å². The van der Waals surface area contributed by atoms with Gasteiger partial charge in [-0.2, -0.15) is 0 Å². The van der Waals surface area contributed by atoms with Crippen molar-refractivity contribution >= 4 is 28.2 Å². The first-order valence-electron chi connectivity index (χ1n) is 10.1. The summed E-state index contributed by atoms with van der Waals surface area (Å²) in [6, 6.07) is 9.49. The van der Waals surface area contributed by atoms with Gasteiger partial charge in [0, 0.05) is 39.3 Å². The molecule has 0 bridgehead atoms. The first kappa shape index (κ1) is 21.4. The Hall–Kier alpha value is -3.84. The Balaban J connectivity index is 1.71. The van der Waals surface area contributed by atoms with Crippen LogP contribution >= 0.6 is 0 Å². The maximum absolute atomic E-state index is 13.3. The van der Waals surface area contributed by atoms with E-state index in [9.17, 15) is 19.3 Å². The lowest BCUT2D eigenvalue weighted by atomic mass is 10.1. The highest BCUT2D eigenvalue weighted by molar-refractivity contribution is 5.94. The molecule has 1 aromatic carbocycles. The number of benzene rings is 1. The zero-order valence-electron chi connectivity index (χ0n) is 17.7. The molecule has 1 fully saturated rings. The predicted molar refractivity (Wildman–Crippen MR) is 119 cm³/mol. The molecule has 3 aromatic rings. The lowest BCUT2D eigenvalue weighted by molar-refractivity contribution is -0.385. The first-order chi connectivity index (χ1) is 15.3. The van der Waals surface area contributed by atoms with E-state index in [0.717, 1.165) is 5.56 Å². The van der Waals surface area contributed by atoms with Crippen LogP contribution in [0, 0.1) is 22.5 Å². The molecule has 2 aromatic heterocycles. The fourth-order valence-corrected chi connectivity index (χ4v) is 4.18. The summed E-state index contributed by atoms with van der Waals surface area (Å²) in [7, 11) is 1.46. The molecule has 1 aliphatic rings. The van der Waals surface area contributed by atoms with Crippen LogP contribution in [0.4, 0.5) is 21.6 Å². The van der Waals surface area contributed by atoms with E-state index in [2.05, 4.69) is 14.7 Å². The second kappa shape index (κ2) is 8.36. The number of rotatable bonds is 4. The number of nitrogens with zero attached hydrogens (tertiary/aromatic N) is 6. The summed E-state index contributed by atoms with van der Waals surface area (Å²) in [6.45, 7) is 11.4. The Kier molecular flexibility index (Phi) is 5.59. The Bertz CT molecular complexity index is 1290. The zero-order valence-corrected chi connectivity index (χ0v) is 17.7. The van der Waals surface area contributed by atoms with Gasteiger partial charge >= 0.3 is 11.2 Å². The standard InChI is InChI=1S/C22H21FN6O3/c1-14(15-4-6-16(23)7-5-15)27-10-12-28(13-11-27)20-19-17(8-9-18(24-2)25-19)26(3)22(30)21(20)29(31)32/h4-9,14H,10-13H2,1,3H3. The maximum Gasteiger partial charge on any atom is 0.361 e. The van der Waals surface area contributed by atoms with Crippen LogP contribution in [0.25, 0.3) is 15.9 Å². The number of aryl methyl sites for hydroxylation is 1. The number of aromatic nitrogens is 2. The molecule has 1 aliphatic heterocycles. The van der Waals surface area contributed by atoms with Crippen LogP contribution in [0.5, 0.6) is 0 Å². The topological polar surface area (TPSA) is 88.9 Å². The number of anilines is 1. The van der Waals surface area contributed by atoms with Gasteiger partial charge < -0.3 is 14.3 Å². The quantitative estimate of drug-likeness (QED) is 0.354. The highest BCUT2D eigenvalue weighted by Crippen LogP contribution is 2.34. The molecular formula is C22H21FN6O3. The molecule has 0 saturated carbocycles. The van der Waals surface area contributed by atoms with Crippen molar-refractivity contribution in [2.24, 2.45) is 7.05 Å². The maximum atomic E-state index is 13.3. The van der Waals surface area contributed by atoms with E-state index < -0.39 is 16.2 Å². The van der Waals surface area contributed by atoms with E-state index >= 15 is 0 Å². The van der Waals surface area contributed by atoms with E-state index in [0.29, 0.717) is 31.7 Å². The van der Waals surface area contributed by atoms with Crippen LogP contribution in [0.1, 0.15) is 18.5 Å². The van der Waals surface area contributed by atoms with Crippen molar-refractivity contribution in [3.8, 4) is 0 Å². The molecule has 3 heterocycles. The van der Waals surface area contributed by atoms with Gasteiger partial charge in [0.15, 0.2) is 5.69 Å². The molecule has 0 radical (unpaired) electrons. The van der Waals surface area contributed by atoms with Crippen molar-refractivity contribution in [2.75, 3.05) is 31.1 Å². The SMILES string of the molecule is [C-]#[N+]c1ccc2c(n1)c(N1CCN(C(C)c3ccc(F)cc3)CC1)c([N+](=O)[O-])c(=O)n2C. The molecular weight excluding hydrogens is 415 g/mol. The predicted octanol–water partition coefficient (Wildman–Crippen LogP) is 3.41. The second-order valence-electron chi connectivity index (χ2n) is 7.72. The van der Waals surface area contributed by atoms with Crippen molar-refractivity contribution in [2.45, 2.75) is 13.0 Å². The third kappa shape index (κ3) is 3.67. The Morgan fingerprint density at radius 3 is 2.41 bits per heavy atom. The Labute approximate surface area is 183 Å². The molecule has 0 N–H and O–H groups in total. The molecule has 0 amide bonds. The van der Waals surface area contributed by atoms with Crippen LogP contribution in [0.15, 0.2) is 41.2 Å². The molecule has 0 aliphatic carbocycles. The van der Waals surface area contributed by atoms with Gasteiger partial charge in [0.25, 0.3) is 5.82 Å². The molecule has 10 heteroatoms. The van der Waals surface area contributed by atoms with Gasteiger partial charge in [-0.25, -0.2) is 4.39 Å². The van der Waals surface area contributed by atoms with E-state index in [-0.39, 0.29) is 28.9 Å². The van der Waals surface area contributed by atoms with Crippen molar-refractivity contribution < 1.29 is 9.31 Å². The molecule has 1 saturated heterocycles. The fraction of sp³-hybridized carbons (Fsp3) is 0.318. The summed E-state index contributed by atoms with van der Waals surface area (Å²) in [5.41, 5.74) is 0.602. The summed E-state index contributed by atoms with van der Waals surface area (Å²) >= 11 is 0. The lowest BCUT2D eigenvalue weighted by Gasteiger charge is -2.38. The monoisotopic (exact) mass is 436 g/mol. The average Bonchev–Trinajstić information content (AvgIpc) is 2.80. The Morgan fingerprint density at radius 1 is 1.16 bits per heavy atom. The summed E-state index contributed by atoms with van der Waals surface area (Å²) in [5.74, 6) is -0.183. The fourth-order valence-electron chi connectivity index (χ4n) is 4.18. The molecule has 32 heavy (non-hydrogen) atoms. The lowest BCUT2D eigenvalue weighted by Crippen LogP contribution is -2.47. The van der Waals surface area contributed by atoms with Crippen LogP contribution in [-0.4, -0.2) is 45.6 Å². The van der Waals surface area contributed by atoms with Gasteiger partial charge in [-0.15, -0.1) is 4.98 Å². The summed E-state index contributed by atoms with van der Waals surface area (Å²) in [6.07, 6.45) is 0. The number of hydrogen-bond acceptors (Lipinski definition) is 6. The molecule has 0 spiro atoms. The minimum Gasteiger partial charge on any atom is -0.361 e. The zero-order chi connectivity index (χ0) is 23.0. The third-order valence-electron chi connectivity index (χ3n) is 6.00. The molecule has 1 atom stereocenters. The van der Waals surface area contributed by atoms with E-state index in [1.807, 2.05) is 6.92 Å². The molecule has 164 valence electrons. The normalized spacial score (nSPS) is 15.5.